The molecule has 0 aliphatic carbocycles. The van der Waals surface area contributed by atoms with Crippen molar-refractivity contribution in [1.82, 2.24) is 0 Å². The van der Waals surface area contributed by atoms with Gasteiger partial charge in [0.25, 0.3) is 0 Å². The molecule has 0 fully saturated rings. The van der Waals surface area contributed by atoms with Crippen LogP contribution in [0, 0.1) is 6.92 Å². The molecule has 3 heteroatoms. The van der Waals surface area contributed by atoms with E-state index in [2.05, 4.69) is 0 Å². The molecule has 96 valence electrons. The first-order chi connectivity index (χ1) is 9.06. The number of halogens is 1. The maximum absolute atomic E-state index is 11.4. The molecule has 0 saturated carbocycles. The number of benzene rings is 2. The minimum atomic E-state index is -0.955. The van der Waals surface area contributed by atoms with Crippen molar-refractivity contribution >= 4 is 29.2 Å². The van der Waals surface area contributed by atoms with Crippen molar-refractivity contribution in [1.29, 1.82) is 0 Å². The second-order valence-corrected chi connectivity index (χ2v) is 4.72. The molecule has 0 spiro atoms. The summed E-state index contributed by atoms with van der Waals surface area (Å²) in [7, 11) is 0. The summed E-state index contributed by atoms with van der Waals surface area (Å²) in [6, 6.07) is 14.5. The zero-order valence-electron chi connectivity index (χ0n) is 10.4. The Morgan fingerprint density at radius 3 is 2.42 bits per heavy atom. The number of carboxylic acid groups (broad SMARTS) is 1. The van der Waals surface area contributed by atoms with Gasteiger partial charge in [-0.25, -0.2) is 4.79 Å². The minimum absolute atomic E-state index is 0.252. The molecule has 0 amide bonds. The van der Waals surface area contributed by atoms with E-state index in [1.807, 2.05) is 25.1 Å². The highest BCUT2D eigenvalue weighted by Crippen LogP contribution is 2.21. The van der Waals surface area contributed by atoms with Gasteiger partial charge in [-0.1, -0.05) is 53.6 Å². The van der Waals surface area contributed by atoms with Crippen LogP contribution in [0.15, 0.2) is 48.5 Å². The molecular weight excluding hydrogens is 260 g/mol. The zero-order chi connectivity index (χ0) is 13.8. The predicted molar refractivity (Wildman–Crippen MR) is 78.1 cm³/mol. The Balaban J connectivity index is 2.46. The third-order valence-electron chi connectivity index (χ3n) is 2.75. The lowest BCUT2D eigenvalue weighted by molar-refractivity contribution is -0.130. The van der Waals surface area contributed by atoms with Crippen molar-refractivity contribution in [3.05, 3.63) is 70.2 Å². The van der Waals surface area contributed by atoms with Crippen molar-refractivity contribution in [3.63, 3.8) is 0 Å². The number of carboxylic acids is 1. The summed E-state index contributed by atoms with van der Waals surface area (Å²) in [6.45, 7) is 1.96. The van der Waals surface area contributed by atoms with Crippen LogP contribution in [-0.4, -0.2) is 11.1 Å². The van der Waals surface area contributed by atoms with E-state index in [4.69, 9.17) is 11.6 Å². The third kappa shape index (κ3) is 3.46. The Morgan fingerprint density at radius 1 is 1.16 bits per heavy atom. The molecule has 0 aliphatic rings. The maximum Gasteiger partial charge on any atom is 0.336 e. The van der Waals surface area contributed by atoms with Crippen LogP contribution < -0.4 is 0 Å². The Hall–Kier alpha value is -2.06. The summed E-state index contributed by atoms with van der Waals surface area (Å²) in [5.41, 5.74) is 2.79. The number of aryl methyl sites for hydroxylation is 1. The highest BCUT2D eigenvalue weighted by Gasteiger charge is 2.10. The van der Waals surface area contributed by atoms with Crippen LogP contribution in [-0.2, 0) is 4.79 Å². The Morgan fingerprint density at radius 2 is 1.84 bits per heavy atom. The molecule has 0 atom stereocenters. The summed E-state index contributed by atoms with van der Waals surface area (Å²) in [4.78, 5) is 11.4. The quantitative estimate of drug-likeness (QED) is 0.669. The van der Waals surface area contributed by atoms with E-state index < -0.39 is 5.97 Å². The average Bonchev–Trinajstić information content (AvgIpc) is 2.37. The smallest absolute Gasteiger partial charge is 0.336 e. The lowest BCUT2D eigenvalue weighted by Crippen LogP contribution is -1.99. The summed E-state index contributed by atoms with van der Waals surface area (Å²) >= 11 is 5.90. The maximum atomic E-state index is 11.4. The summed E-state index contributed by atoms with van der Waals surface area (Å²) in [5.74, 6) is -0.955. The molecule has 1 N–H and O–H groups in total. The van der Waals surface area contributed by atoms with Crippen LogP contribution in [0.4, 0.5) is 0 Å². The molecule has 2 aromatic carbocycles. The lowest BCUT2D eigenvalue weighted by Gasteiger charge is -2.04. The van der Waals surface area contributed by atoms with Gasteiger partial charge in [-0.15, -0.1) is 0 Å². The number of rotatable bonds is 3. The van der Waals surface area contributed by atoms with E-state index in [-0.39, 0.29) is 5.57 Å². The highest BCUT2D eigenvalue weighted by atomic mass is 35.5. The predicted octanol–water partition coefficient (Wildman–Crippen LogP) is 4.27. The standard InChI is InChI=1S/C16H13ClO2/c1-11-5-7-13(8-6-11)15(16(18)19)10-12-3-2-4-14(17)9-12/h2-10H,1H3,(H,18,19)/b15-10+. The van der Waals surface area contributed by atoms with Crippen molar-refractivity contribution in [2.24, 2.45) is 0 Å². The van der Waals surface area contributed by atoms with Crippen molar-refractivity contribution in [3.8, 4) is 0 Å². The monoisotopic (exact) mass is 272 g/mol. The molecule has 2 aromatic rings. The van der Waals surface area contributed by atoms with E-state index in [0.29, 0.717) is 10.6 Å². The lowest BCUT2D eigenvalue weighted by atomic mass is 10.0. The molecule has 0 radical (unpaired) electrons. The Bertz CT molecular complexity index is 627. The van der Waals surface area contributed by atoms with Gasteiger partial charge in [0.15, 0.2) is 0 Å². The summed E-state index contributed by atoms with van der Waals surface area (Å²) in [6.07, 6.45) is 1.62. The molecular formula is C16H13ClO2. The Kier molecular flexibility index (Phi) is 4.03. The van der Waals surface area contributed by atoms with Crippen molar-refractivity contribution in [2.45, 2.75) is 6.92 Å². The second kappa shape index (κ2) is 5.72. The van der Waals surface area contributed by atoms with Crippen LogP contribution in [0.1, 0.15) is 16.7 Å². The zero-order valence-corrected chi connectivity index (χ0v) is 11.2. The Labute approximate surface area is 117 Å². The fourth-order valence-corrected chi connectivity index (χ4v) is 1.96. The van der Waals surface area contributed by atoms with Crippen LogP contribution in [0.2, 0.25) is 5.02 Å². The van der Waals surface area contributed by atoms with E-state index >= 15 is 0 Å². The van der Waals surface area contributed by atoms with Gasteiger partial charge in [-0.3, -0.25) is 0 Å². The van der Waals surface area contributed by atoms with Gasteiger partial charge in [0.05, 0.1) is 5.57 Å². The number of hydrogen-bond acceptors (Lipinski definition) is 1. The van der Waals surface area contributed by atoms with Crippen molar-refractivity contribution in [2.75, 3.05) is 0 Å². The molecule has 2 rings (SSSR count). The fraction of sp³-hybridized carbons (Fsp3) is 0.0625. The van der Waals surface area contributed by atoms with E-state index in [0.717, 1.165) is 11.1 Å². The van der Waals surface area contributed by atoms with E-state index in [9.17, 15) is 9.90 Å². The van der Waals surface area contributed by atoms with Gasteiger partial charge in [0.2, 0.25) is 0 Å². The van der Waals surface area contributed by atoms with Gasteiger partial charge in [0.1, 0.15) is 0 Å². The number of carbonyl (C=O) groups is 1. The van der Waals surface area contributed by atoms with Crippen LogP contribution >= 0.6 is 11.6 Å². The van der Waals surface area contributed by atoms with Crippen LogP contribution in [0.5, 0.6) is 0 Å². The van der Waals surface area contributed by atoms with Gasteiger partial charge >= 0.3 is 5.97 Å². The third-order valence-corrected chi connectivity index (χ3v) is 2.99. The van der Waals surface area contributed by atoms with Crippen LogP contribution in [0.3, 0.4) is 0 Å². The molecule has 19 heavy (non-hydrogen) atoms. The molecule has 0 heterocycles. The van der Waals surface area contributed by atoms with Crippen molar-refractivity contribution < 1.29 is 9.90 Å². The SMILES string of the molecule is Cc1ccc(/C(=C\c2cccc(Cl)c2)C(=O)O)cc1. The van der Waals surface area contributed by atoms with Crippen LogP contribution in [0.25, 0.3) is 11.6 Å². The normalized spacial score (nSPS) is 11.4. The topological polar surface area (TPSA) is 37.3 Å². The summed E-state index contributed by atoms with van der Waals surface area (Å²) < 4.78 is 0. The molecule has 0 aromatic heterocycles. The van der Waals surface area contributed by atoms with Gasteiger partial charge in [-0.05, 0) is 36.3 Å². The number of hydrogen-bond donors (Lipinski definition) is 1. The first-order valence-corrected chi connectivity index (χ1v) is 6.21. The largest absolute Gasteiger partial charge is 0.478 e. The second-order valence-electron chi connectivity index (χ2n) is 4.28. The van der Waals surface area contributed by atoms with E-state index in [1.54, 1.807) is 36.4 Å². The molecule has 2 nitrogen and oxygen atoms in total. The molecule has 0 aliphatic heterocycles. The van der Waals surface area contributed by atoms with Gasteiger partial charge in [0, 0.05) is 5.02 Å². The highest BCUT2D eigenvalue weighted by molar-refractivity contribution is 6.30. The average molecular weight is 273 g/mol. The first-order valence-electron chi connectivity index (χ1n) is 5.84. The minimum Gasteiger partial charge on any atom is -0.478 e. The number of aliphatic carboxylic acids is 1. The molecule has 0 bridgehead atoms. The molecule has 0 saturated heterocycles. The molecule has 0 unspecified atom stereocenters. The fourth-order valence-electron chi connectivity index (χ4n) is 1.76. The van der Waals surface area contributed by atoms with E-state index in [1.165, 1.54) is 0 Å². The van der Waals surface area contributed by atoms with Gasteiger partial charge < -0.3 is 5.11 Å². The van der Waals surface area contributed by atoms with Gasteiger partial charge in [-0.2, -0.15) is 0 Å². The summed E-state index contributed by atoms with van der Waals surface area (Å²) in [5, 5.41) is 9.91. The first kappa shape index (κ1) is 13.4.